The van der Waals surface area contributed by atoms with E-state index in [2.05, 4.69) is 15.6 Å². The number of aromatic nitrogens is 3. The van der Waals surface area contributed by atoms with Crippen LogP contribution >= 0.6 is 0 Å². The van der Waals surface area contributed by atoms with Gasteiger partial charge in [-0.05, 0) is 6.08 Å². The van der Waals surface area contributed by atoms with Crippen molar-refractivity contribution in [1.29, 1.82) is 0 Å². The van der Waals surface area contributed by atoms with Gasteiger partial charge in [-0.1, -0.05) is 35.5 Å². The van der Waals surface area contributed by atoms with Gasteiger partial charge >= 0.3 is 23.9 Å². The number of rotatable bonds is 10. The molecule has 214 valence electrons. The van der Waals surface area contributed by atoms with Crippen molar-refractivity contribution >= 4 is 29.8 Å². The average Bonchev–Trinajstić information content (AvgIpc) is 3.39. The van der Waals surface area contributed by atoms with Gasteiger partial charge in [-0.2, -0.15) is 0 Å². The Morgan fingerprint density at radius 2 is 1.68 bits per heavy atom. The van der Waals surface area contributed by atoms with Gasteiger partial charge in [0, 0.05) is 33.3 Å². The van der Waals surface area contributed by atoms with Gasteiger partial charge in [-0.15, -0.1) is 5.10 Å². The largest absolute Gasteiger partial charge is 0.477 e. The molecule has 0 radical (unpaired) electrons. The Hall–Kier alpha value is -4.75. The standard InChI is InChI=1S/C26H30N4O10/c1-14(31)27-23-20(30-12-19(28-29-30)18-9-7-6-8-10-18)11-21(26(35)36-5)40-25(23)24(39-17(4)34)22(38-16(3)33)13-37-15(2)32/h6-12,20,22-25H,13H2,1-5H3,(H,27,31)/t20-,22?,23+,24+,25+/m0/s1. The predicted molar refractivity (Wildman–Crippen MR) is 135 cm³/mol. The van der Waals surface area contributed by atoms with E-state index in [1.54, 1.807) is 6.20 Å². The third-order valence-corrected chi connectivity index (χ3v) is 5.71. The minimum Gasteiger partial charge on any atom is -0.477 e. The van der Waals surface area contributed by atoms with Crippen molar-refractivity contribution in [3.63, 3.8) is 0 Å². The van der Waals surface area contributed by atoms with Crippen LogP contribution in [0.25, 0.3) is 11.3 Å². The second-order valence-electron chi connectivity index (χ2n) is 8.80. The Labute approximate surface area is 229 Å². The van der Waals surface area contributed by atoms with Crippen molar-refractivity contribution in [3.8, 4) is 11.3 Å². The van der Waals surface area contributed by atoms with E-state index in [1.807, 2.05) is 30.3 Å². The first-order chi connectivity index (χ1) is 19.0. The summed E-state index contributed by atoms with van der Waals surface area (Å²) in [4.78, 5) is 60.7. The maximum atomic E-state index is 12.6. The van der Waals surface area contributed by atoms with Crippen molar-refractivity contribution < 1.29 is 47.7 Å². The van der Waals surface area contributed by atoms with Crippen LogP contribution in [0, 0.1) is 0 Å². The Kier molecular flexibility index (Phi) is 9.95. The number of amides is 1. The number of nitrogens with one attached hydrogen (secondary N) is 1. The molecule has 1 amide bonds. The number of nitrogens with zero attached hydrogens (tertiary/aromatic N) is 3. The summed E-state index contributed by atoms with van der Waals surface area (Å²) in [6.45, 7) is 4.11. The zero-order chi connectivity index (χ0) is 29.4. The Morgan fingerprint density at radius 3 is 2.25 bits per heavy atom. The molecule has 5 atom stereocenters. The van der Waals surface area contributed by atoms with E-state index >= 15 is 0 Å². The number of hydrogen-bond acceptors (Lipinski definition) is 12. The molecule has 0 bridgehead atoms. The Balaban J connectivity index is 2.14. The van der Waals surface area contributed by atoms with Crippen LogP contribution in [-0.4, -0.2) is 82.8 Å². The van der Waals surface area contributed by atoms with Gasteiger partial charge < -0.3 is 29.0 Å². The highest BCUT2D eigenvalue weighted by Crippen LogP contribution is 2.33. The second kappa shape index (κ2) is 13.4. The smallest absolute Gasteiger partial charge is 0.373 e. The van der Waals surface area contributed by atoms with Crippen molar-refractivity contribution in [2.75, 3.05) is 13.7 Å². The molecule has 1 aliphatic rings. The first kappa shape index (κ1) is 29.8. The van der Waals surface area contributed by atoms with E-state index in [0.717, 1.165) is 33.4 Å². The topological polar surface area (TPSA) is 174 Å². The van der Waals surface area contributed by atoms with Crippen molar-refractivity contribution in [1.82, 2.24) is 20.3 Å². The highest BCUT2D eigenvalue weighted by Gasteiger charge is 2.48. The number of ether oxygens (including phenoxy) is 5. The lowest BCUT2D eigenvalue weighted by Crippen LogP contribution is -2.60. The zero-order valence-corrected chi connectivity index (χ0v) is 22.6. The lowest BCUT2D eigenvalue weighted by atomic mass is 9.91. The number of benzene rings is 1. The van der Waals surface area contributed by atoms with Crippen LogP contribution in [0.3, 0.4) is 0 Å². The number of carbonyl (C=O) groups is 5. The van der Waals surface area contributed by atoms with Crippen LogP contribution in [-0.2, 0) is 47.7 Å². The minimum atomic E-state index is -1.47. The van der Waals surface area contributed by atoms with Crippen LogP contribution < -0.4 is 5.32 Å². The fourth-order valence-corrected chi connectivity index (χ4v) is 4.16. The third kappa shape index (κ3) is 7.65. The number of hydrogen-bond donors (Lipinski definition) is 1. The van der Waals surface area contributed by atoms with E-state index in [-0.39, 0.29) is 5.76 Å². The van der Waals surface area contributed by atoms with Crippen LogP contribution in [0.2, 0.25) is 0 Å². The molecule has 2 aromatic rings. The lowest BCUT2D eigenvalue weighted by molar-refractivity contribution is -0.188. The summed E-state index contributed by atoms with van der Waals surface area (Å²) in [6.07, 6.45) is -1.22. The number of methoxy groups -OCH3 is 1. The molecule has 40 heavy (non-hydrogen) atoms. The molecular formula is C26H30N4O10. The normalized spacial score (nSPS) is 19.6. The van der Waals surface area contributed by atoms with Gasteiger partial charge in [0.05, 0.1) is 25.4 Å². The van der Waals surface area contributed by atoms with Crippen LogP contribution in [0.4, 0.5) is 0 Å². The Morgan fingerprint density at radius 1 is 1.00 bits per heavy atom. The second-order valence-corrected chi connectivity index (χ2v) is 8.80. The molecule has 2 heterocycles. The first-order valence-electron chi connectivity index (χ1n) is 12.2. The summed E-state index contributed by atoms with van der Waals surface area (Å²) in [7, 11) is 1.14. The lowest BCUT2D eigenvalue weighted by Gasteiger charge is -2.41. The highest BCUT2D eigenvalue weighted by molar-refractivity contribution is 5.86. The van der Waals surface area contributed by atoms with Crippen molar-refractivity contribution in [3.05, 3.63) is 48.4 Å². The number of esters is 4. The molecule has 0 aliphatic carbocycles. The average molecular weight is 559 g/mol. The third-order valence-electron chi connectivity index (χ3n) is 5.71. The molecule has 1 aromatic heterocycles. The molecule has 14 nitrogen and oxygen atoms in total. The summed E-state index contributed by atoms with van der Waals surface area (Å²) in [6, 6.07) is 7.18. The van der Waals surface area contributed by atoms with Gasteiger partial charge in [0.1, 0.15) is 12.3 Å². The van der Waals surface area contributed by atoms with E-state index < -0.39 is 66.8 Å². The highest BCUT2D eigenvalue weighted by atomic mass is 16.6. The molecule has 1 unspecified atom stereocenters. The summed E-state index contributed by atoms with van der Waals surface area (Å²) in [5, 5.41) is 11.2. The Bertz CT molecular complexity index is 1280. The first-order valence-corrected chi connectivity index (χ1v) is 12.2. The van der Waals surface area contributed by atoms with Crippen molar-refractivity contribution in [2.45, 2.75) is 58.1 Å². The van der Waals surface area contributed by atoms with E-state index in [1.165, 1.54) is 17.7 Å². The monoisotopic (exact) mass is 558 g/mol. The maximum absolute atomic E-state index is 12.6. The van der Waals surface area contributed by atoms with Crippen LogP contribution in [0.5, 0.6) is 0 Å². The SMILES string of the molecule is COC(=O)C1=C[C@H](n2cc(-c3ccccc3)nn2)[C@@H](NC(C)=O)[C@H]([C@H](OC(C)=O)C(COC(C)=O)OC(C)=O)O1. The van der Waals surface area contributed by atoms with Gasteiger partial charge in [-0.25, -0.2) is 9.48 Å². The molecule has 0 saturated carbocycles. The van der Waals surface area contributed by atoms with Gasteiger partial charge in [-0.3, -0.25) is 19.2 Å². The summed E-state index contributed by atoms with van der Waals surface area (Å²) in [5.74, 6) is -3.91. The fourth-order valence-electron chi connectivity index (χ4n) is 4.16. The van der Waals surface area contributed by atoms with Gasteiger partial charge in [0.15, 0.2) is 18.3 Å². The fraction of sp³-hybridized carbons (Fsp3) is 0.423. The molecular weight excluding hydrogens is 528 g/mol. The van der Waals surface area contributed by atoms with E-state index in [9.17, 15) is 24.0 Å². The molecule has 1 aliphatic heterocycles. The summed E-state index contributed by atoms with van der Waals surface area (Å²) < 4.78 is 28.1. The summed E-state index contributed by atoms with van der Waals surface area (Å²) >= 11 is 0. The quantitative estimate of drug-likeness (QED) is 0.322. The zero-order valence-electron chi connectivity index (χ0n) is 22.6. The molecule has 1 aromatic carbocycles. The molecule has 0 fully saturated rings. The van der Waals surface area contributed by atoms with E-state index in [0.29, 0.717) is 5.69 Å². The number of carbonyl (C=O) groups excluding carboxylic acids is 5. The van der Waals surface area contributed by atoms with Crippen LogP contribution in [0.1, 0.15) is 33.7 Å². The van der Waals surface area contributed by atoms with Crippen molar-refractivity contribution in [2.24, 2.45) is 0 Å². The molecule has 14 heteroatoms. The predicted octanol–water partition coefficient (Wildman–Crippen LogP) is 0.873. The van der Waals surface area contributed by atoms with Crippen LogP contribution in [0.15, 0.2) is 48.4 Å². The van der Waals surface area contributed by atoms with Gasteiger partial charge in [0.2, 0.25) is 11.7 Å². The molecule has 0 spiro atoms. The van der Waals surface area contributed by atoms with E-state index in [4.69, 9.17) is 23.7 Å². The van der Waals surface area contributed by atoms with Gasteiger partial charge in [0.25, 0.3) is 0 Å². The molecule has 3 rings (SSSR count). The molecule has 1 N–H and O–H groups in total. The maximum Gasteiger partial charge on any atom is 0.373 e. The molecule has 0 saturated heterocycles. The minimum absolute atomic E-state index is 0.290. The summed E-state index contributed by atoms with van der Waals surface area (Å²) in [5.41, 5.74) is 1.27.